The molecule has 0 aliphatic heterocycles. The van der Waals surface area contributed by atoms with Crippen molar-refractivity contribution in [1.82, 2.24) is 0 Å². The van der Waals surface area contributed by atoms with Gasteiger partial charge in [0.2, 0.25) is 0 Å². The van der Waals surface area contributed by atoms with Crippen molar-refractivity contribution in [2.24, 2.45) is 0 Å². The molecule has 0 N–H and O–H groups in total. The van der Waals surface area contributed by atoms with E-state index in [0.717, 1.165) is 0 Å². The molecule has 0 aromatic rings. The molecule has 0 aromatic carbocycles. The average molecular weight is 216 g/mol. The Labute approximate surface area is 87.9 Å². The first-order valence-electron chi connectivity index (χ1n) is 4.79. The lowest BCUT2D eigenvalue weighted by atomic mass is 10.7. The second-order valence-corrected chi connectivity index (χ2v) is 8.34. The third-order valence-corrected chi connectivity index (χ3v) is 2.39. The highest BCUT2D eigenvalue weighted by atomic mass is 28.4. The highest BCUT2D eigenvalue weighted by Crippen LogP contribution is 2.01. The summed E-state index contributed by atoms with van der Waals surface area (Å²) in [4.78, 5) is 0. The Bertz CT molecular complexity index is 169. The van der Waals surface area contributed by atoms with Gasteiger partial charge in [0.1, 0.15) is 6.61 Å². The van der Waals surface area contributed by atoms with E-state index < -0.39 is 8.32 Å². The molecule has 0 spiro atoms. The molecule has 0 atom stereocenters. The van der Waals surface area contributed by atoms with Crippen LogP contribution in [0, 0.1) is 12.3 Å². The highest BCUT2D eigenvalue weighted by molar-refractivity contribution is 6.69. The number of hydrogen-bond donors (Lipinski definition) is 0. The Morgan fingerprint density at radius 1 is 1.00 bits per heavy atom. The molecule has 0 aliphatic carbocycles. The van der Waals surface area contributed by atoms with Crippen LogP contribution in [0.3, 0.4) is 0 Å². The van der Waals surface area contributed by atoms with Crippen molar-refractivity contribution >= 4 is 8.32 Å². The van der Waals surface area contributed by atoms with E-state index in [-0.39, 0.29) is 0 Å². The molecule has 0 fully saturated rings. The van der Waals surface area contributed by atoms with Crippen LogP contribution in [0.4, 0.5) is 0 Å². The van der Waals surface area contributed by atoms with Crippen molar-refractivity contribution in [3.8, 4) is 12.3 Å². The lowest BCUT2D eigenvalue weighted by molar-refractivity contribution is 0.0452. The van der Waals surface area contributed by atoms with Gasteiger partial charge in [-0.1, -0.05) is 5.92 Å². The van der Waals surface area contributed by atoms with E-state index in [0.29, 0.717) is 33.0 Å². The van der Waals surface area contributed by atoms with Crippen molar-refractivity contribution < 1.29 is 13.9 Å². The third-order valence-electron chi connectivity index (χ3n) is 1.32. The topological polar surface area (TPSA) is 27.7 Å². The summed E-state index contributed by atoms with van der Waals surface area (Å²) in [5.74, 6) is 2.39. The normalized spacial score (nSPS) is 11.3. The summed E-state index contributed by atoms with van der Waals surface area (Å²) in [5.41, 5.74) is 0. The van der Waals surface area contributed by atoms with E-state index in [4.69, 9.17) is 20.3 Å². The maximum absolute atomic E-state index is 5.60. The maximum atomic E-state index is 5.60. The summed E-state index contributed by atoms with van der Waals surface area (Å²) in [6.07, 6.45) is 5.01. The molecular weight excluding hydrogens is 196 g/mol. The zero-order valence-electron chi connectivity index (χ0n) is 9.34. The Balaban J connectivity index is 3.04. The quantitative estimate of drug-likeness (QED) is 0.350. The summed E-state index contributed by atoms with van der Waals surface area (Å²) in [7, 11) is -1.38. The second-order valence-electron chi connectivity index (χ2n) is 3.83. The summed E-state index contributed by atoms with van der Waals surface area (Å²) >= 11 is 0. The zero-order valence-corrected chi connectivity index (χ0v) is 10.3. The van der Waals surface area contributed by atoms with Gasteiger partial charge < -0.3 is 13.9 Å². The predicted molar refractivity (Wildman–Crippen MR) is 59.8 cm³/mol. The van der Waals surface area contributed by atoms with Crippen LogP contribution in [-0.4, -0.2) is 41.4 Å². The first kappa shape index (κ1) is 13.7. The standard InChI is InChI=1S/C10H20O3Si/c1-5-6-11-7-8-12-9-10-13-14(2,3)4/h1H,6-10H2,2-4H3. The maximum Gasteiger partial charge on any atom is 0.183 e. The third kappa shape index (κ3) is 11.7. The van der Waals surface area contributed by atoms with Gasteiger partial charge in [-0.2, -0.15) is 0 Å². The van der Waals surface area contributed by atoms with Crippen LogP contribution in [0.5, 0.6) is 0 Å². The number of hydrogen-bond acceptors (Lipinski definition) is 3. The van der Waals surface area contributed by atoms with Crippen molar-refractivity contribution in [2.45, 2.75) is 19.6 Å². The molecule has 0 aliphatic rings. The average Bonchev–Trinajstić information content (AvgIpc) is 2.08. The van der Waals surface area contributed by atoms with Gasteiger partial charge >= 0.3 is 0 Å². The van der Waals surface area contributed by atoms with E-state index in [1.165, 1.54) is 0 Å². The summed E-state index contributed by atoms with van der Waals surface area (Å²) in [5, 5.41) is 0. The number of ether oxygens (including phenoxy) is 2. The van der Waals surface area contributed by atoms with Crippen molar-refractivity contribution in [3.05, 3.63) is 0 Å². The Kier molecular flexibility index (Phi) is 7.81. The number of terminal acetylenes is 1. The molecule has 0 rings (SSSR count). The van der Waals surface area contributed by atoms with Gasteiger partial charge in [-0.15, -0.1) is 6.42 Å². The van der Waals surface area contributed by atoms with Crippen molar-refractivity contribution in [1.29, 1.82) is 0 Å². The number of rotatable bonds is 8. The van der Waals surface area contributed by atoms with E-state index in [1.54, 1.807) is 0 Å². The molecule has 0 bridgehead atoms. The lowest BCUT2D eigenvalue weighted by Crippen LogP contribution is -2.27. The first-order chi connectivity index (χ1) is 6.56. The monoisotopic (exact) mass is 216 g/mol. The smallest absolute Gasteiger partial charge is 0.183 e. The molecule has 0 saturated heterocycles. The van der Waals surface area contributed by atoms with Gasteiger partial charge in [-0.25, -0.2) is 0 Å². The fraction of sp³-hybridized carbons (Fsp3) is 0.800. The molecule has 0 heterocycles. The molecule has 14 heavy (non-hydrogen) atoms. The largest absolute Gasteiger partial charge is 0.415 e. The lowest BCUT2D eigenvalue weighted by Gasteiger charge is -2.16. The van der Waals surface area contributed by atoms with Gasteiger partial charge in [0.05, 0.1) is 26.4 Å². The molecule has 82 valence electrons. The minimum atomic E-state index is -1.38. The highest BCUT2D eigenvalue weighted by Gasteiger charge is 2.12. The van der Waals surface area contributed by atoms with Crippen molar-refractivity contribution in [2.75, 3.05) is 33.0 Å². The van der Waals surface area contributed by atoms with Crippen LogP contribution in [0.1, 0.15) is 0 Å². The Morgan fingerprint density at radius 3 is 2.14 bits per heavy atom. The summed E-state index contributed by atoms with van der Waals surface area (Å²) < 4.78 is 15.9. The molecule has 0 radical (unpaired) electrons. The molecule has 4 heteroatoms. The molecule has 0 aromatic heterocycles. The van der Waals surface area contributed by atoms with E-state index in [2.05, 4.69) is 25.6 Å². The zero-order chi connectivity index (χ0) is 10.9. The molecular formula is C10H20O3Si. The minimum absolute atomic E-state index is 0.356. The van der Waals surface area contributed by atoms with Gasteiger partial charge in [0, 0.05) is 0 Å². The van der Waals surface area contributed by atoms with Crippen LogP contribution in [0.2, 0.25) is 19.6 Å². The van der Waals surface area contributed by atoms with Gasteiger partial charge in [0.25, 0.3) is 0 Å². The van der Waals surface area contributed by atoms with E-state index in [1.807, 2.05) is 0 Å². The fourth-order valence-electron chi connectivity index (χ4n) is 0.758. The summed E-state index contributed by atoms with van der Waals surface area (Å²) in [6, 6.07) is 0. The predicted octanol–water partition coefficient (Wildman–Crippen LogP) is 1.50. The second kappa shape index (κ2) is 8.01. The van der Waals surface area contributed by atoms with Gasteiger partial charge in [-0.3, -0.25) is 0 Å². The van der Waals surface area contributed by atoms with Crippen LogP contribution in [0.15, 0.2) is 0 Å². The van der Waals surface area contributed by atoms with Crippen LogP contribution in [0.25, 0.3) is 0 Å². The molecule has 0 saturated carbocycles. The van der Waals surface area contributed by atoms with Crippen LogP contribution in [-0.2, 0) is 13.9 Å². The molecule has 0 unspecified atom stereocenters. The van der Waals surface area contributed by atoms with E-state index >= 15 is 0 Å². The Morgan fingerprint density at radius 2 is 1.57 bits per heavy atom. The Hall–Kier alpha value is -0.343. The van der Waals surface area contributed by atoms with Gasteiger partial charge in [-0.05, 0) is 19.6 Å². The van der Waals surface area contributed by atoms with Crippen LogP contribution >= 0.6 is 0 Å². The van der Waals surface area contributed by atoms with Crippen molar-refractivity contribution in [3.63, 3.8) is 0 Å². The molecule has 3 nitrogen and oxygen atoms in total. The SMILES string of the molecule is C#CCOCCOCCO[Si](C)(C)C. The van der Waals surface area contributed by atoms with Gasteiger partial charge in [0.15, 0.2) is 8.32 Å². The fourth-order valence-corrected chi connectivity index (χ4v) is 1.45. The van der Waals surface area contributed by atoms with Crippen LogP contribution < -0.4 is 0 Å². The first-order valence-corrected chi connectivity index (χ1v) is 8.20. The minimum Gasteiger partial charge on any atom is -0.415 e. The summed E-state index contributed by atoms with van der Waals surface area (Å²) in [6.45, 7) is 9.26. The molecule has 0 amide bonds. The van der Waals surface area contributed by atoms with E-state index in [9.17, 15) is 0 Å².